The number of piperazine rings is 1. The minimum absolute atomic E-state index is 0. The minimum atomic E-state index is -0.368. The van der Waals surface area contributed by atoms with Gasteiger partial charge in [-0.2, -0.15) is 0 Å². The van der Waals surface area contributed by atoms with Crippen molar-refractivity contribution < 1.29 is 4.79 Å². The maximum Gasteiger partial charge on any atom is 0.242 e. The Morgan fingerprint density at radius 2 is 1.91 bits per heavy atom. The molecular weight excluding hydrogens is 337 g/mol. The summed E-state index contributed by atoms with van der Waals surface area (Å²) in [6.45, 7) is 6.14. The maximum absolute atomic E-state index is 12.7. The van der Waals surface area contributed by atoms with E-state index < -0.39 is 0 Å². The first kappa shape index (κ1) is 19.9. The van der Waals surface area contributed by atoms with Crippen LogP contribution in [0.1, 0.15) is 26.2 Å². The zero-order valence-corrected chi connectivity index (χ0v) is 15.0. The van der Waals surface area contributed by atoms with E-state index in [-0.39, 0.29) is 36.3 Å². The highest BCUT2D eigenvalue weighted by Gasteiger charge is 2.38. The van der Waals surface area contributed by atoms with Crippen molar-refractivity contribution in [3.8, 4) is 0 Å². The van der Waals surface area contributed by atoms with Crippen LogP contribution in [0.2, 0.25) is 0 Å². The molecule has 23 heavy (non-hydrogen) atoms. The first-order valence-corrected chi connectivity index (χ1v) is 7.74. The molecule has 2 fully saturated rings. The Hall–Kier alpha value is -1.11. The van der Waals surface area contributed by atoms with Crippen LogP contribution in [0.4, 0.5) is 5.82 Å². The van der Waals surface area contributed by atoms with Gasteiger partial charge >= 0.3 is 0 Å². The molecule has 130 valence electrons. The van der Waals surface area contributed by atoms with Crippen LogP contribution in [0.3, 0.4) is 0 Å². The molecule has 2 aliphatic heterocycles. The smallest absolute Gasteiger partial charge is 0.242 e. The highest BCUT2D eigenvalue weighted by atomic mass is 35.5. The van der Waals surface area contributed by atoms with Gasteiger partial charge in [-0.15, -0.1) is 24.8 Å². The lowest BCUT2D eigenvalue weighted by Gasteiger charge is -2.41. The van der Waals surface area contributed by atoms with Crippen LogP contribution in [0.15, 0.2) is 18.6 Å². The van der Waals surface area contributed by atoms with E-state index >= 15 is 0 Å². The van der Waals surface area contributed by atoms with E-state index in [0.29, 0.717) is 0 Å². The second kappa shape index (κ2) is 8.66. The number of hydrogen-bond donors (Lipinski definition) is 1. The Balaban J connectivity index is 0.00000132. The van der Waals surface area contributed by atoms with E-state index in [1.165, 1.54) is 6.42 Å². The van der Waals surface area contributed by atoms with Gasteiger partial charge in [-0.05, 0) is 32.7 Å². The molecule has 0 saturated carbocycles. The first-order chi connectivity index (χ1) is 10.2. The normalized spacial score (nSPS) is 24.4. The number of anilines is 1. The van der Waals surface area contributed by atoms with Gasteiger partial charge in [0.05, 0.1) is 11.7 Å². The zero-order chi connectivity index (χ0) is 14.7. The van der Waals surface area contributed by atoms with E-state index in [1.807, 2.05) is 11.8 Å². The molecule has 0 aliphatic carbocycles. The van der Waals surface area contributed by atoms with Crippen molar-refractivity contribution in [1.29, 1.82) is 0 Å². The third kappa shape index (κ3) is 4.46. The number of carbonyl (C=O) groups is 1. The van der Waals surface area contributed by atoms with Gasteiger partial charge in [0.1, 0.15) is 5.82 Å². The van der Waals surface area contributed by atoms with Crippen molar-refractivity contribution in [3.05, 3.63) is 18.6 Å². The van der Waals surface area contributed by atoms with Gasteiger partial charge in [-0.25, -0.2) is 4.98 Å². The number of rotatable bonds is 2. The number of aromatic nitrogens is 2. The molecule has 1 N–H and O–H groups in total. The maximum atomic E-state index is 12.7. The van der Waals surface area contributed by atoms with E-state index in [0.717, 1.165) is 51.4 Å². The predicted octanol–water partition coefficient (Wildman–Crippen LogP) is 1.50. The number of hydrogen-bond acceptors (Lipinski definition) is 5. The van der Waals surface area contributed by atoms with Crippen molar-refractivity contribution in [1.82, 2.24) is 20.2 Å². The van der Waals surface area contributed by atoms with Crippen LogP contribution in [0.25, 0.3) is 0 Å². The second-order valence-corrected chi connectivity index (χ2v) is 6.06. The molecule has 0 aromatic carbocycles. The largest absolute Gasteiger partial charge is 0.352 e. The first-order valence-electron chi connectivity index (χ1n) is 7.74. The Morgan fingerprint density at radius 1 is 1.17 bits per heavy atom. The Kier molecular flexibility index (Phi) is 7.51. The summed E-state index contributed by atoms with van der Waals surface area (Å²) in [7, 11) is 0. The molecule has 1 amide bonds. The van der Waals surface area contributed by atoms with E-state index in [2.05, 4.69) is 20.2 Å². The summed E-state index contributed by atoms with van der Waals surface area (Å²) >= 11 is 0. The Labute approximate surface area is 149 Å². The average Bonchev–Trinajstić information content (AvgIpc) is 2.56. The van der Waals surface area contributed by atoms with Crippen LogP contribution in [-0.2, 0) is 4.79 Å². The fourth-order valence-corrected chi connectivity index (χ4v) is 3.18. The Morgan fingerprint density at radius 3 is 2.48 bits per heavy atom. The summed E-state index contributed by atoms with van der Waals surface area (Å²) in [5.41, 5.74) is -0.368. The van der Waals surface area contributed by atoms with Gasteiger partial charge in [-0.3, -0.25) is 9.78 Å². The van der Waals surface area contributed by atoms with Crippen LogP contribution in [0.5, 0.6) is 0 Å². The fourth-order valence-electron chi connectivity index (χ4n) is 3.18. The quantitative estimate of drug-likeness (QED) is 0.864. The molecule has 2 saturated heterocycles. The summed E-state index contributed by atoms with van der Waals surface area (Å²) in [6.07, 6.45) is 8.41. The monoisotopic (exact) mass is 361 g/mol. The lowest BCUT2D eigenvalue weighted by Crippen LogP contribution is -2.61. The third-order valence-electron chi connectivity index (χ3n) is 4.53. The molecule has 8 heteroatoms. The number of carbonyl (C=O) groups excluding carboxylic acids is 1. The Bertz CT molecular complexity index is 488. The molecule has 1 aromatic heterocycles. The standard InChI is InChI=1S/C15H23N5O.2ClH/c1-15(4-2-3-5-18-15)14(21)20-10-8-19(9-11-20)13-12-16-6-7-17-13;;/h6-7,12,18H,2-5,8-11H2,1H3;2*1H. The molecule has 1 atom stereocenters. The van der Waals surface area contributed by atoms with E-state index in [9.17, 15) is 4.79 Å². The van der Waals surface area contributed by atoms with Crippen molar-refractivity contribution in [3.63, 3.8) is 0 Å². The number of piperidine rings is 1. The molecular formula is C15H25Cl2N5O. The van der Waals surface area contributed by atoms with Crippen molar-refractivity contribution in [2.24, 2.45) is 0 Å². The van der Waals surface area contributed by atoms with Gasteiger partial charge in [0.15, 0.2) is 0 Å². The van der Waals surface area contributed by atoms with Crippen LogP contribution < -0.4 is 10.2 Å². The predicted molar refractivity (Wildman–Crippen MR) is 95.6 cm³/mol. The van der Waals surface area contributed by atoms with Crippen molar-refractivity contribution in [2.75, 3.05) is 37.6 Å². The number of nitrogens with zero attached hydrogens (tertiary/aromatic N) is 4. The van der Waals surface area contributed by atoms with Crippen molar-refractivity contribution in [2.45, 2.75) is 31.7 Å². The summed E-state index contributed by atoms with van der Waals surface area (Å²) in [5.74, 6) is 1.15. The summed E-state index contributed by atoms with van der Waals surface area (Å²) in [5, 5.41) is 3.41. The number of amides is 1. The summed E-state index contributed by atoms with van der Waals surface area (Å²) in [4.78, 5) is 25.3. The molecule has 1 aromatic rings. The lowest BCUT2D eigenvalue weighted by molar-refractivity contribution is -0.139. The summed E-state index contributed by atoms with van der Waals surface area (Å²) in [6, 6.07) is 0. The fraction of sp³-hybridized carbons (Fsp3) is 0.667. The molecule has 3 rings (SSSR count). The molecule has 0 spiro atoms. The van der Waals surface area contributed by atoms with Crippen LogP contribution in [0, 0.1) is 0 Å². The second-order valence-electron chi connectivity index (χ2n) is 6.06. The van der Waals surface area contributed by atoms with Gasteiger partial charge in [0, 0.05) is 38.6 Å². The van der Waals surface area contributed by atoms with Gasteiger partial charge in [0.25, 0.3) is 0 Å². The highest BCUT2D eigenvalue weighted by Crippen LogP contribution is 2.22. The molecule has 1 unspecified atom stereocenters. The summed E-state index contributed by atoms with van der Waals surface area (Å²) < 4.78 is 0. The van der Waals surface area contributed by atoms with Crippen LogP contribution in [-0.4, -0.2) is 59.0 Å². The van der Waals surface area contributed by atoms with Crippen LogP contribution >= 0.6 is 24.8 Å². The molecule has 6 nitrogen and oxygen atoms in total. The minimum Gasteiger partial charge on any atom is -0.352 e. The molecule has 3 heterocycles. The molecule has 0 radical (unpaired) electrons. The van der Waals surface area contributed by atoms with Gasteiger partial charge in [-0.1, -0.05) is 0 Å². The highest BCUT2D eigenvalue weighted by molar-refractivity contribution is 5.86. The van der Waals surface area contributed by atoms with Gasteiger partial charge in [0.2, 0.25) is 5.91 Å². The number of nitrogens with one attached hydrogen (secondary N) is 1. The van der Waals surface area contributed by atoms with E-state index in [4.69, 9.17) is 0 Å². The number of halogens is 2. The average molecular weight is 362 g/mol. The van der Waals surface area contributed by atoms with Crippen molar-refractivity contribution >= 4 is 36.5 Å². The lowest BCUT2D eigenvalue weighted by atomic mass is 9.89. The topological polar surface area (TPSA) is 61.4 Å². The van der Waals surface area contributed by atoms with E-state index in [1.54, 1.807) is 18.6 Å². The molecule has 2 aliphatic rings. The third-order valence-corrected chi connectivity index (χ3v) is 4.53. The molecule has 0 bridgehead atoms. The SMILES string of the molecule is CC1(C(=O)N2CCN(c3cnccn3)CC2)CCCCN1.Cl.Cl. The zero-order valence-electron chi connectivity index (χ0n) is 13.4. The van der Waals surface area contributed by atoms with Gasteiger partial charge < -0.3 is 15.1 Å².